The van der Waals surface area contributed by atoms with Crippen molar-refractivity contribution in [2.75, 3.05) is 0 Å². The first-order chi connectivity index (χ1) is 10.1. The number of amides is 1. The van der Waals surface area contributed by atoms with Crippen LogP contribution in [0.3, 0.4) is 0 Å². The van der Waals surface area contributed by atoms with Gasteiger partial charge < -0.3 is 10.3 Å². The third-order valence-corrected chi connectivity index (χ3v) is 3.11. The van der Waals surface area contributed by atoms with Crippen LogP contribution < -0.4 is 5.32 Å². The Morgan fingerprint density at radius 1 is 1.24 bits per heavy atom. The van der Waals surface area contributed by atoms with Crippen molar-refractivity contribution >= 4 is 16.9 Å². The number of carbonyl (C=O) groups excluding carboxylic acids is 1. The van der Waals surface area contributed by atoms with Crippen molar-refractivity contribution in [3.05, 3.63) is 59.4 Å². The van der Waals surface area contributed by atoms with Crippen LogP contribution in [0.15, 0.2) is 36.4 Å². The molecule has 6 heteroatoms. The van der Waals surface area contributed by atoms with E-state index in [1.54, 1.807) is 0 Å². The number of aromatic nitrogens is 3. The van der Waals surface area contributed by atoms with Gasteiger partial charge in [-0.25, -0.2) is 14.4 Å². The molecule has 3 rings (SSSR count). The van der Waals surface area contributed by atoms with Crippen LogP contribution in [-0.2, 0) is 6.54 Å². The second-order valence-electron chi connectivity index (χ2n) is 4.65. The molecule has 2 aromatic heterocycles. The van der Waals surface area contributed by atoms with E-state index < -0.39 is 5.82 Å². The fourth-order valence-corrected chi connectivity index (χ4v) is 2.01. The molecule has 1 amide bonds. The number of imidazole rings is 1. The van der Waals surface area contributed by atoms with Crippen LogP contribution in [0.25, 0.3) is 11.0 Å². The van der Waals surface area contributed by atoms with Gasteiger partial charge in [0, 0.05) is 0 Å². The summed E-state index contributed by atoms with van der Waals surface area (Å²) in [5, 5.41) is 2.71. The zero-order valence-corrected chi connectivity index (χ0v) is 11.4. The molecule has 0 radical (unpaired) electrons. The number of aromatic amines is 1. The standard InChI is InChI=1S/C15H13FN4O/c1-9-10(16)6-7-13(18-9)15(21)17-8-14-19-11-4-2-3-5-12(11)20-14/h2-7H,8H2,1H3,(H,17,21)(H,19,20). The maximum absolute atomic E-state index is 13.1. The van der Waals surface area contributed by atoms with Gasteiger partial charge in [-0.3, -0.25) is 4.79 Å². The van der Waals surface area contributed by atoms with Gasteiger partial charge in [-0.05, 0) is 31.2 Å². The first-order valence-corrected chi connectivity index (χ1v) is 6.48. The minimum atomic E-state index is -0.427. The van der Waals surface area contributed by atoms with Gasteiger partial charge in [0.1, 0.15) is 17.3 Å². The van der Waals surface area contributed by atoms with E-state index in [4.69, 9.17) is 0 Å². The third kappa shape index (κ3) is 2.74. The zero-order valence-electron chi connectivity index (χ0n) is 11.4. The number of nitrogens with one attached hydrogen (secondary N) is 2. The van der Waals surface area contributed by atoms with E-state index >= 15 is 0 Å². The molecule has 1 aromatic carbocycles. The smallest absolute Gasteiger partial charge is 0.270 e. The fraction of sp³-hybridized carbons (Fsp3) is 0.133. The van der Waals surface area contributed by atoms with Gasteiger partial charge in [-0.2, -0.15) is 0 Å². The number of H-pyrrole nitrogens is 1. The molecule has 0 aliphatic rings. The molecule has 0 unspecified atom stereocenters. The average molecular weight is 284 g/mol. The number of nitrogens with zero attached hydrogens (tertiary/aromatic N) is 2. The van der Waals surface area contributed by atoms with Crippen LogP contribution >= 0.6 is 0 Å². The van der Waals surface area contributed by atoms with Crippen molar-refractivity contribution in [1.29, 1.82) is 0 Å². The predicted octanol–water partition coefficient (Wildman–Crippen LogP) is 2.34. The largest absolute Gasteiger partial charge is 0.343 e. The zero-order chi connectivity index (χ0) is 14.8. The van der Waals surface area contributed by atoms with Crippen LogP contribution in [0.2, 0.25) is 0 Å². The molecule has 0 saturated heterocycles. The van der Waals surface area contributed by atoms with Crippen molar-refractivity contribution in [2.24, 2.45) is 0 Å². The van der Waals surface area contributed by atoms with Gasteiger partial charge in [0.15, 0.2) is 0 Å². The summed E-state index contributed by atoms with van der Waals surface area (Å²) in [5.41, 5.74) is 2.14. The molecule has 0 atom stereocenters. The van der Waals surface area contributed by atoms with E-state index in [0.29, 0.717) is 5.82 Å². The molecule has 0 spiro atoms. The van der Waals surface area contributed by atoms with Crippen molar-refractivity contribution in [1.82, 2.24) is 20.3 Å². The number of rotatable bonds is 3. The van der Waals surface area contributed by atoms with Crippen LogP contribution in [0.1, 0.15) is 22.0 Å². The summed E-state index contributed by atoms with van der Waals surface area (Å²) in [6.45, 7) is 1.77. The minimum Gasteiger partial charge on any atom is -0.343 e. The summed E-state index contributed by atoms with van der Waals surface area (Å²) in [7, 11) is 0. The summed E-state index contributed by atoms with van der Waals surface area (Å²) >= 11 is 0. The van der Waals surface area contributed by atoms with Gasteiger partial charge in [-0.15, -0.1) is 0 Å². The van der Waals surface area contributed by atoms with Gasteiger partial charge in [0.25, 0.3) is 5.91 Å². The van der Waals surface area contributed by atoms with E-state index in [1.807, 2.05) is 24.3 Å². The molecule has 0 fully saturated rings. The Balaban J connectivity index is 1.71. The number of benzene rings is 1. The Morgan fingerprint density at radius 2 is 2.05 bits per heavy atom. The Kier molecular flexibility index (Phi) is 3.35. The number of pyridine rings is 1. The van der Waals surface area contributed by atoms with Crippen LogP contribution in [0.5, 0.6) is 0 Å². The van der Waals surface area contributed by atoms with Crippen molar-refractivity contribution in [2.45, 2.75) is 13.5 Å². The van der Waals surface area contributed by atoms with Gasteiger partial charge in [0.2, 0.25) is 0 Å². The number of para-hydroxylation sites is 2. The first kappa shape index (κ1) is 13.2. The Hall–Kier alpha value is -2.76. The van der Waals surface area contributed by atoms with E-state index in [-0.39, 0.29) is 23.8 Å². The number of halogens is 1. The lowest BCUT2D eigenvalue weighted by Gasteiger charge is -2.03. The van der Waals surface area contributed by atoms with Gasteiger partial charge in [0.05, 0.1) is 23.3 Å². The normalized spacial score (nSPS) is 10.8. The summed E-state index contributed by atoms with van der Waals surface area (Å²) in [4.78, 5) is 23.3. The molecule has 3 aromatic rings. The molecule has 106 valence electrons. The number of hydrogen-bond acceptors (Lipinski definition) is 3. The molecule has 0 saturated carbocycles. The lowest BCUT2D eigenvalue weighted by Crippen LogP contribution is -2.24. The summed E-state index contributed by atoms with van der Waals surface area (Å²) in [5.74, 6) is -0.134. The summed E-state index contributed by atoms with van der Waals surface area (Å²) < 4.78 is 13.1. The highest BCUT2D eigenvalue weighted by atomic mass is 19.1. The maximum atomic E-state index is 13.1. The SMILES string of the molecule is Cc1nc(C(=O)NCc2nc3ccccc3[nH]2)ccc1F. The molecule has 2 N–H and O–H groups in total. The molecule has 0 aliphatic heterocycles. The topological polar surface area (TPSA) is 70.7 Å². The quantitative estimate of drug-likeness (QED) is 0.775. The summed E-state index contributed by atoms with van der Waals surface area (Å²) in [6.07, 6.45) is 0. The highest BCUT2D eigenvalue weighted by Crippen LogP contribution is 2.10. The number of hydrogen-bond donors (Lipinski definition) is 2. The van der Waals surface area contributed by atoms with E-state index in [2.05, 4.69) is 20.3 Å². The van der Waals surface area contributed by atoms with Gasteiger partial charge in [-0.1, -0.05) is 12.1 Å². The molecule has 0 bridgehead atoms. The molecule has 5 nitrogen and oxygen atoms in total. The average Bonchev–Trinajstić information content (AvgIpc) is 2.90. The Bertz CT molecular complexity index is 779. The van der Waals surface area contributed by atoms with Crippen molar-refractivity contribution in [3.63, 3.8) is 0 Å². The van der Waals surface area contributed by atoms with Crippen molar-refractivity contribution in [3.8, 4) is 0 Å². The third-order valence-electron chi connectivity index (χ3n) is 3.11. The number of aryl methyl sites for hydroxylation is 1. The molecule has 21 heavy (non-hydrogen) atoms. The highest BCUT2D eigenvalue weighted by molar-refractivity contribution is 5.92. The second-order valence-corrected chi connectivity index (χ2v) is 4.65. The number of fused-ring (bicyclic) bond motifs is 1. The first-order valence-electron chi connectivity index (χ1n) is 6.48. The maximum Gasteiger partial charge on any atom is 0.270 e. The van der Waals surface area contributed by atoms with Crippen LogP contribution in [-0.4, -0.2) is 20.9 Å². The lowest BCUT2D eigenvalue weighted by atomic mass is 10.3. The van der Waals surface area contributed by atoms with Gasteiger partial charge >= 0.3 is 0 Å². The predicted molar refractivity (Wildman–Crippen MR) is 76.2 cm³/mol. The van der Waals surface area contributed by atoms with E-state index in [0.717, 1.165) is 11.0 Å². The number of carbonyl (C=O) groups is 1. The van der Waals surface area contributed by atoms with Crippen molar-refractivity contribution < 1.29 is 9.18 Å². The van der Waals surface area contributed by atoms with E-state index in [9.17, 15) is 9.18 Å². The molecule has 0 aliphatic carbocycles. The Morgan fingerprint density at radius 3 is 2.81 bits per heavy atom. The molecule has 2 heterocycles. The second kappa shape index (κ2) is 5.32. The minimum absolute atomic E-state index is 0.185. The highest BCUT2D eigenvalue weighted by Gasteiger charge is 2.10. The monoisotopic (exact) mass is 284 g/mol. The van der Waals surface area contributed by atoms with Crippen LogP contribution in [0, 0.1) is 12.7 Å². The fourth-order valence-electron chi connectivity index (χ4n) is 2.01. The molecular weight excluding hydrogens is 271 g/mol. The Labute approximate surface area is 120 Å². The lowest BCUT2D eigenvalue weighted by molar-refractivity contribution is 0.0944. The van der Waals surface area contributed by atoms with Crippen LogP contribution in [0.4, 0.5) is 4.39 Å². The molecular formula is C15H13FN4O. The summed E-state index contributed by atoms with van der Waals surface area (Å²) in [6, 6.07) is 10.2. The van der Waals surface area contributed by atoms with E-state index in [1.165, 1.54) is 19.1 Å².